The number of carbonyl (C=O) groups is 1. The minimum absolute atomic E-state index is 0.0549. The van der Waals surface area contributed by atoms with Gasteiger partial charge in [0, 0.05) is 17.6 Å². The van der Waals surface area contributed by atoms with Crippen LogP contribution in [0.1, 0.15) is 34.3 Å². The summed E-state index contributed by atoms with van der Waals surface area (Å²) in [5.41, 5.74) is 0.815. The number of thiazole rings is 1. The average molecular weight is 290 g/mol. The maximum atomic E-state index is 11.4. The summed E-state index contributed by atoms with van der Waals surface area (Å²) in [5.74, 6) is -1.36. The van der Waals surface area contributed by atoms with Crippen LogP contribution in [0, 0.1) is 6.92 Å². The van der Waals surface area contributed by atoms with Gasteiger partial charge in [-0.1, -0.05) is 30.3 Å². The summed E-state index contributed by atoms with van der Waals surface area (Å²) in [5, 5.41) is 13.6. The van der Waals surface area contributed by atoms with Crippen LogP contribution in [0.2, 0.25) is 0 Å². The fraction of sp³-hybridized carbons (Fsp3) is 0.333. The Labute approximate surface area is 122 Å². The first-order valence-electron chi connectivity index (χ1n) is 6.51. The number of aryl methyl sites for hydroxylation is 1. The largest absolute Gasteiger partial charge is 0.481 e. The Bertz CT molecular complexity index is 568. The first kappa shape index (κ1) is 14.7. The third-order valence-electron chi connectivity index (χ3n) is 3.14. The molecule has 20 heavy (non-hydrogen) atoms. The van der Waals surface area contributed by atoms with Crippen molar-refractivity contribution in [2.24, 2.45) is 0 Å². The van der Waals surface area contributed by atoms with Crippen molar-refractivity contribution in [1.82, 2.24) is 10.3 Å². The molecule has 2 atom stereocenters. The quantitative estimate of drug-likeness (QED) is 0.858. The molecule has 1 aromatic carbocycles. The van der Waals surface area contributed by atoms with Gasteiger partial charge < -0.3 is 10.4 Å². The Morgan fingerprint density at radius 2 is 2.10 bits per heavy atom. The van der Waals surface area contributed by atoms with Crippen LogP contribution in [0.15, 0.2) is 36.5 Å². The van der Waals surface area contributed by atoms with E-state index in [1.54, 1.807) is 11.3 Å². The predicted molar refractivity (Wildman–Crippen MR) is 80.1 cm³/mol. The van der Waals surface area contributed by atoms with Crippen molar-refractivity contribution >= 4 is 17.3 Å². The van der Waals surface area contributed by atoms with E-state index >= 15 is 0 Å². The standard InChI is InChI=1S/C15H18N2O2S/c1-10-8-17-14(20-10)11(2)16-9-13(15(18)19)12-6-4-3-5-7-12/h3-8,11,13,16H,9H2,1-2H3,(H,18,19). The lowest BCUT2D eigenvalue weighted by Crippen LogP contribution is -2.28. The molecule has 0 saturated carbocycles. The third kappa shape index (κ3) is 3.65. The zero-order chi connectivity index (χ0) is 14.5. The van der Waals surface area contributed by atoms with Gasteiger partial charge in [0.1, 0.15) is 5.01 Å². The average Bonchev–Trinajstić information content (AvgIpc) is 2.86. The van der Waals surface area contributed by atoms with Crippen LogP contribution in [0.4, 0.5) is 0 Å². The molecule has 0 saturated heterocycles. The molecule has 0 aliphatic rings. The van der Waals surface area contributed by atoms with Crippen molar-refractivity contribution in [3.05, 3.63) is 52.0 Å². The van der Waals surface area contributed by atoms with Gasteiger partial charge in [0.15, 0.2) is 0 Å². The van der Waals surface area contributed by atoms with E-state index in [1.165, 1.54) is 0 Å². The van der Waals surface area contributed by atoms with E-state index in [0.717, 1.165) is 15.4 Å². The van der Waals surface area contributed by atoms with E-state index < -0.39 is 11.9 Å². The summed E-state index contributed by atoms with van der Waals surface area (Å²) in [6.07, 6.45) is 1.84. The molecule has 0 fully saturated rings. The van der Waals surface area contributed by atoms with Crippen molar-refractivity contribution in [3.8, 4) is 0 Å². The number of benzene rings is 1. The highest BCUT2D eigenvalue weighted by molar-refractivity contribution is 7.11. The molecular formula is C15H18N2O2S. The lowest BCUT2D eigenvalue weighted by atomic mass is 9.99. The Morgan fingerprint density at radius 3 is 2.65 bits per heavy atom. The van der Waals surface area contributed by atoms with Crippen molar-refractivity contribution < 1.29 is 9.90 Å². The fourth-order valence-electron chi connectivity index (χ4n) is 1.99. The summed E-state index contributed by atoms with van der Waals surface area (Å²) in [6.45, 7) is 4.40. The van der Waals surface area contributed by atoms with Crippen molar-refractivity contribution in [1.29, 1.82) is 0 Å². The summed E-state index contributed by atoms with van der Waals surface area (Å²) in [4.78, 5) is 16.9. The molecule has 2 aromatic rings. The normalized spacial score (nSPS) is 13.9. The first-order valence-corrected chi connectivity index (χ1v) is 7.33. The highest BCUT2D eigenvalue weighted by atomic mass is 32.1. The summed E-state index contributed by atoms with van der Waals surface area (Å²) in [7, 11) is 0. The summed E-state index contributed by atoms with van der Waals surface area (Å²) in [6, 6.07) is 9.35. The van der Waals surface area contributed by atoms with Gasteiger partial charge in [0.05, 0.1) is 12.0 Å². The van der Waals surface area contributed by atoms with Crippen molar-refractivity contribution in [3.63, 3.8) is 0 Å². The Hall–Kier alpha value is -1.72. The molecule has 4 nitrogen and oxygen atoms in total. The molecule has 1 aromatic heterocycles. The molecule has 1 heterocycles. The second-order valence-corrected chi connectivity index (χ2v) is 6.01. The summed E-state index contributed by atoms with van der Waals surface area (Å²) >= 11 is 1.63. The van der Waals surface area contributed by atoms with E-state index in [4.69, 9.17) is 0 Å². The molecule has 0 radical (unpaired) electrons. The van der Waals surface area contributed by atoms with Crippen molar-refractivity contribution in [2.45, 2.75) is 25.8 Å². The lowest BCUT2D eigenvalue weighted by molar-refractivity contribution is -0.138. The second-order valence-electron chi connectivity index (χ2n) is 4.74. The summed E-state index contributed by atoms with van der Waals surface area (Å²) < 4.78 is 0. The van der Waals surface area contributed by atoms with E-state index in [0.29, 0.717) is 6.54 Å². The van der Waals surface area contributed by atoms with Crippen LogP contribution in [0.25, 0.3) is 0 Å². The number of hydrogen-bond acceptors (Lipinski definition) is 4. The second kappa shape index (κ2) is 6.63. The molecule has 106 valence electrons. The lowest BCUT2D eigenvalue weighted by Gasteiger charge is -2.17. The number of aliphatic carboxylic acids is 1. The number of nitrogens with one attached hydrogen (secondary N) is 1. The maximum absolute atomic E-state index is 11.4. The molecule has 0 bridgehead atoms. The van der Waals surface area contributed by atoms with Gasteiger partial charge in [-0.05, 0) is 19.4 Å². The molecule has 2 N–H and O–H groups in total. The van der Waals surface area contributed by atoms with Gasteiger partial charge in [0.2, 0.25) is 0 Å². The minimum atomic E-state index is -0.814. The van der Waals surface area contributed by atoms with Crippen LogP contribution in [-0.4, -0.2) is 22.6 Å². The smallest absolute Gasteiger partial charge is 0.312 e. The Morgan fingerprint density at radius 1 is 1.40 bits per heavy atom. The van der Waals surface area contributed by atoms with Crippen LogP contribution in [0.5, 0.6) is 0 Å². The Kier molecular flexibility index (Phi) is 4.87. The minimum Gasteiger partial charge on any atom is -0.481 e. The van der Waals surface area contributed by atoms with Crippen molar-refractivity contribution in [2.75, 3.05) is 6.54 Å². The van der Waals surface area contributed by atoms with Gasteiger partial charge in [0.25, 0.3) is 0 Å². The number of aromatic nitrogens is 1. The van der Waals surface area contributed by atoms with E-state index in [-0.39, 0.29) is 6.04 Å². The highest BCUT2D eigenvalue weighted by Gasteiger charge is 2.21. The van der Waals surface area contributed by atoms with Gasteiger partial charge in [-0.15, -0.1) is 11.3 Å². The molecule has 2 rings (SSSR count). The molecule has 0 aliphatic carbocycles. The SMILES string of the molecule is Cc1cnc(C(C)NCC(C(=O)O)c2ccccc2)s1. The molecule has 0 aliphatic heterocycles. The fourth-order valence-corrected chi connectivity index (χ4v) is 2.79. The zero-order valence-electron chi connectivity index (χ0n) is 11.5. The monoisotopic (exact) mass is 290 g/mol. The van der Waals surface area contributed by atoms with Gasteiger partial charge >= 0.3 is 5.97 Å². The van der Waals surface area contributed by atoms with Gasteiger partial charge in [-0.2, -0.15) is 0 Å². The van der Waals surface area contributed by atoms with Crippen LogP contribution in [-0.2, 0) is 4.79 Å². The number of carboxylic acid groups (broad SMARTS) is 1. The zero-order valence-corrected chi connectivity index (χ0v) is 12.4. The first-order chi connectivity index (χ1) is 9.58. The van der Waals surface area contributed by atoms with Crippen LogP contribution >= 0.6 is 11.3 Å². The molecule has 5 heteroatoms. The van der Waals surface area contributed by atoms with Gasteiger partial charge in [-0.3, -0.25) is 4.79 Å². The molecule has 2 unspecified atom stereocenters. The predicted octanol–water partition coefficient (Wildman–Crippen LogP) is 2.97. The van der Waals surface area contributed by atoms with E-state index in [2.05, 4.69) is 10.3 Å². The Balaban J connectivity index is 2.01. The number of nitrogens with zero attached hydrogens (tertiary/aromatic N) is 1. The number of hydrogen-bond donors (Lipinski definition) is 2. The van der Waals surface area contributed by atoms with Gasteiger partial charge in [-0.25, -0.2) is 4.98 Å². The molecule has 0 spiro atoms. The number of carboxylic acids is 1. The maximum Gasteiger partial charge on any atom is 0.312 e. The topological polar surface area (TPSA) is 62.2 Å². The van der Waals surface area contributed by atoms with Crippen LogP contribution in [0.3, 0.4) is 0 Å². The third-order valence-corrected chi connectivity index (χ3v) is 4.23. The molecule has 0 amide bonds. The molecular weight excluding hydrogens is 272 g/mol. The van der Waals surface area contributed by atoms with E-state index in [9.17, 15) is 9.90 Å². The van der Waals surface area contributed by atoms with Crippen LogP contribution < -0.4 is 5.32 Å². The highest BCUT2D eigenvalue weighted by Crippen LogP contribution is 2.21. The number of rotatable bonds is 6. The van der Waals surface area contributed by atoms with E-state index in [1.807, 2.05) is 50.4 Å².